The first-order chi connectivity index (χ1) is 7.69. The van der Waals surface area contributed by atoms with Crippen molar-refractivity contribution in [3.63, 3.8) is 0 Å². The average Bonchev–Trinajstić information content (AvgIpc) is 3.09. The van der Waals surface area contributed by atoms with E-state index in [1.54, 1.807) is 12.1 Å². The molecule has 0 amide bonds. The number of nitrogen functional groups attached to an aromatic ring is 1. The number of nitrogens with one attached hydrogen (secondary N) is 1. The SMILES string of the molecule is N#Cc1cc(NCC2(CO)CC2)ccc1N. The maximum atomic E-state index is 9.17. The summed E-state index contributed by atoms with van der Waals surface area (Å²) in [6, 6.07) is 7.36. The molecule has 4 heteroatoms. The van der Waals surface area contributed by atoms with E-state index in [9.17, 15) is 0 Å². The third kappa shape index (κ3) is 2.10. The minimum Gasteiger partial charge on any atom is -0.398 e. The van der Waals surface area contributed by atoms with Crippen molar-refractivity contribution in [1.29, 1.82) is 5.26 Å². The first kappa shape index (κ1) is 10.8. The summed E-state index contributed by atoms with van der Waals surface area (Å²) in [5.74, 6) is 0. The fourth-order valence-corrected chi connectivity index (χ4v) is 1.62. The number of hydrogen-bond acceptors (Lipinski definition) is 4. The number of anilines is 2. The molecule has 1 aliphatic rings. The molecule has 0 atom stereocenters. The molecule has 0 saturated heterocycles. The molecule has 4 nitrogen and oxygen atoms in total. The van der Waals surface area contributed by atoms with E-state index >= 15 is 0 Å². The first-order valence-electron chi connectivity index (χ1n) is 5.33. The van der Waals surface area contributed by atoms with Crippen molar-refractivity contribution in [3.8, 4) is 6.07 Å². The summed E-state index contributed by atoms with van der Waals surface area (Å²) >= 11 is 0. The first-order valence-corrected chi connectivity index (χ1v) is 5.33. The van der Waals surface area contributed by atoms with Crippen LogP contribution in [0, 0.1) is 16.7 Å². The lowest BCUT2D eigenvalue weighted by Crippen LogP contribution is -2.19. The van der Waals surface area contributed by atoms with Gasteiger partial charge in [0.2, 0.25) is 0 Å². The lowest BCUT2D eigenvalue weighted by atomic mass is 10.1. The van der Waals surface area contributed by atoms with Gasteiger partial charge in [-0.25, -0.2) is 0 Å². The molecule has 0 aromatic heterocycles. The van der Waals surface area contributed by atoms with Gasteiger partial charge in [0.25, 0.3) is 0 Å². The fraction of sp³-hybridized carbons (Fsp3) is 0.417. The van der Waals surface area contributed by atoms with E-state index in [1.165, 1.54) is 0 Å². The number of nitriles is 1. The van der Waals surface area contributed by atoms with Gasteiger partial charge in [-0.3, -0.25) is 0 Å². The highest BCUT2D eigenvalue weighted by Crippen LogP contribution is 2.44. The molecule has 0 radical (unpaired) electrons. The Bertz CT molecular complexity index is 432. The zero-order chi connectivity index (χ0) is 11.6. The Labute approximate surface area is 94.7 Å². The standard InChI is InChI=1S/C12H15N3O/c13-6-9-5-10(1-2-11(9)14)15-7-12(8-16)3-4-12/h1-2,5,15-16H,3-4,7-8,14H2. The van der Waals surface area contributed by atoms with Gasteiger partial charge in [0.05, 0.1) is 12.2 Å². The van der Waals surface area contributed by atoms with Gasteiger partial charge in [0, 0.05) is 23.3 Å². The Morgan fingerprint density at radius 2 is 2.25 bits per heavy atom. The van der Waals surface area contributed by atoms with Crippen LogP contribution in [-0.4, -0.2) is 18.3 Å². The van der Waals surface area contributed by atoms with Crippen LogP contribution in [0.15, 0.2) is 18.2 Å². The molecule has 2 rings (SSSR count). The lowest BCUT2D eigenvalue weighted by molar-refractivity contribution is 0.220. The van der Waals surface area contributed by atoms with Crippen molar-refractivity contribution in [1.82, 2.24) is 0 Å². The largest absolute Gasteiger partial charge is 0.398 e. The van der Waals surface area contributed by atoms with Crippen LogP contribution >= 0.6 is 0 Å². The summed E-state index contributed by atoms with van der Waals surface area (Å²) in [6.07, 6.45) is 2.13. The lowest BCUT2D eigenvalue weighted by Gasteiger charge is -2.14. The van der Waals surface area contributed by atoms with Gasteiger partial charge in [-0.2, -0.15) is 5.26 Å². The van der Waals surface area contributed by atoms with Gasteiger partial charge >= 0.3 is 0 Å². The fourth-order valence-electron chi connectivity index (χ4n) is 1.62. The molecule has 1 aliphatic carbocycles. The molecule has 1 aromatic rings. The van der Waals surface area contributed by atoms with Crippen LogP contribution in [0.2, 0.25) is 0 Å². The topological polar surface area (TPSA) is 82.1 Å². The zero-order valence-corrected chi connectivity index (χ0v) is 9.03. The van der Waals surface area contributed by atoms with Crippen molar-refractivity contribution < 1.29 is 5.11 Å². The zero-order valence-electron chi connectivity index (χ0n) is 9.03. The molecular formula is C12H15N3O. The minimum absolute atomic E-state index is 0.0637. The minimum atomic E-state index is 0.0637. The molecule has 1 saturated carbocycles. The number of nitrogens with zero attached hydrogens (tertiary/aromatic N) is 1. The summed E-state index contributed by atoms with van der Waals surface area (Å²) in [4.78, 5) is 0. The van der Waals surface area contributed by atoms with Crippen molar-refractivity contribution in [2.75, 3.05) is 24.2 Å². The predicted molar refractivity (Wildman–Crippen MR) is 62.8 cm³/mol. The summed E-state index contributed by atoms with van der Waals surface area (Å²) in [7, 11) is 0. The van der Waals surface area contributed by atoms with Gasteiger partial charge in [0.15, 0.2) is 0 Å². The molecule has 0 heterocycles. The van der Waals surface area contributed by atoms with Crippen LogP contribution in [0.1, 0.15) is 18.4 Å². The highest BCUT2D eigenvalue weighted by Gasteiger charge is 2.41. The Kier molecular flexibility index (Phi) is 2.71. The van der Waals surface area contributed by atoms with E-state index in [-0.39, 0.29) is 12.0 Å². The number of aliphatic hydroxyl groups excluding tert-OH is 1. The maximum absolute atomic E-state index is 9.17. The third-order valence-electron chi connectivity index (χ3n) is 3.13. The Hall–Kier alpha value is -1.73. The quantitative estimate of drug-likeness (QED) is 0.664. The molecule has 4 N–H and O–H groups in total. The van der Waals surface area contributed by atoms with Crippen molar-refractivity contribution >= 4 is 11.4 Å². The second-order valence-corrected chi connectivity index (χ2v) is 4.43. The Balaban J connectivity index is 2.03. The van der Waals surface area contributed by atoms with Crippen molar-refractivity contribution in [2.24, 2.45) is 5.41 Å². The molecular weight excluding hydrogens is 202 g/mol. The van der Waals surface area contributed by atoms with Gasteiger partial charge < -0.3 is 16.2 Å². The van der Waals surface area contributed by atoms with E-state index in [2.05, 4.69) is 5.32 Å². The molecule has 0 aliphatic heterocycles. The van der Waals surface area contributed by atoms with E-state index in [4.69, 9.17) is 16.1 Å². The molecule has 1 aromatic carbocycles. The average molecular weight is 217 g/mol. The molecule has 0 bridgehead atoms. The third-order valence-corrected chi connectivity index (χ3v) is 3.13. The number of benzene rings is 1. The number of nitrogens with two attached hydrogens (primary N) is 1. The normalized spacial score (nSPS) is 16.5. The number of hydrogen-bond donors (Lipinski definition) is 3. The summed E-state index contributed by atoms with van der Waals surface area (Å²) in [6.45, 7) is 0.971. The van der Waals surface area contributed by atoms with Crippen LogP contribution < -0.4 is 11.1 Å². The summed E-state index contributed by atoms with van der Waals surface area (Å²) in [5, 5.41) is 21.2. The number of rotatable bonds is 4. The maximum Gasteiger partial charge on any atom is 0.101 e. The summed E-state index contributed by atoms with van der Waals surface area (Å²) in [5.41, 5.74) is 7.56. The highest BCUT2D eigenvalue weighted by atomic mass is 16.3. The number of aliphatic hydroxyl groups is 1. The van der Waals surface area contributed by atoms with Crippen molar-refractivity contribution in [2.45, 2.75) is 12.8 Å². The monoisotopic (exact) mass is 217 g/mol. The molecule has 1 fully saturated rings. The van der Waals surface area contributed by atoms with Crippen LogP contribution in [0.5, 0.6) is 0 Å². The molecule has 0 unspecified atom stereocenters. The van der Waals surface area contributed by atoms with Crippen molar-refractivity contribution in [3.05, 3.63) is 23.8 Å². The Morgan fingerprint density at radius 3 is 2.81 bits per heavy atom. The second-order valence-electron chi connectivity index (χ2n) is 4.43. The second kappa shape index (κ2) is 4.03. The van der Waals surface area contributed by atoms with E-state index in [1.807, 2.05) is 12.1 Å². The van der Waals surface area contributed by atoms with E-state index < -0.39 is 0 Å². The van der Waals surface area contributed by atoms with Crippen LogP contribution in [0.4, 0.5) is 11.4 Å². The van der Waals surface area contributed by atoms with E-state index in [0.717, 1.165) is 25.1 Å². The predicted octanol–water partition coefficient (Wildman–Crippen LogP) is 1.32. The summed E-state index contributed by atoms with van der Waals surface area (Å²) < 4.78 is 0. The van der Waals surface area contributed by atoms with Gasteiger partial charge in [0.1, 0.15) is 6.07 Å². The van der Waals surface area contributed by atoms with Crippen LogP contribution in [0.25, 0.3) is 0 Å². The van der Waals surface area contributed by atoms with E-state index in [0.29, 0.717) is 11.3 Å². The molecule has 16 heavy (non-hydrogen) atoms. The molecule has 0 spiro atoms. The molecule has 84 valence electrons. The highest BCUT2D eigenvalue weighted by molar-refractivity contribution is 5.61. The van der Waals surface area contributed by atoms with Gasteiger partial charge in [-0.05, 0) is 31.0 Å². The van der Waals surface area contributed by atoms with Crippen LogP contribution in [0.3, 0.4) is 0 Å². The van der Waals surface area contributed by atoms with Gasteiger partial charge in [-0.15, -0.1) is 0 Å². The smallest absolute Gasteiger partial charge is 0.101 e. The van der Waals surface area contributed by atoms with Crippen LogP contribution in [-0.2, 0) is 0 Å². The Morgan fingerprint density at radius 1 is 1.50 bits per heavy atom. The van der Waals surface area contributed by atoms with Gasteiger partial charge in [-0.1, -0.05) is 0 Å².